The summed E-state index contributed by atoms with van der Waals surface area (Å²) in [5, 5.41) is 11.3. The Bertz CT molecular complexity index is 226. The lowest BCUT2D eigenvalue weighted by molar-refractivity contribution is -0.128. The fourth-order valence-electron chi connectivity index (χ4n) is 1.56. The molecule has 1 aliphatic rings. The summed E-state index contributed by atoms with van der Waals surface area (Å²) in [7, 11) is 0. The summed E-state index contributed by atoms with van der Waals surface area (Å²) in [5.74, 6) is 0.951. The molecule has 0 aliphatic heterocycles. The highest BCUT2D eigenvalue weighted by atomic mass is 16.1. The lowest BCUT2D eigenvalue weighted by atomic mass is 9.75. The Hall–Kier alpha value is -1.04. The molecule has 1 fully saturated rings. The highest BCUT2D eigenvalue weighted by Crippen LogP contribution is 2.32. The molecule has 0 heterocycles. The molecule has 3 nitrogen and oxygen atoms in total. The van der Waals surface area contributed by atoms with Crippen molar-refractivity contribution in [3.8, 4) is 6.07 Å². The zero-order valence-electron chi connectivity index (χ0n) is 8.21. The van der Waals surface area contributed by atoms with Crippen LogP contribution in [0.3, 0.4) is 0 Å². The molecule has 0 bridgehead atoms. The van der Waals surface area contributed by atoms with Gasteiger partial charge in [0.1, 0.15) is 0 Å². The summed E-state index contributed by atoms with van der Waals surface area (Å²) in [5.41, 5.74) is 0. The van der Waals surface area contributed by atoms with Crippen LogP contribution in [0.15, 0.2) is 0 Å². The summed E-state index contributed by atoms with van der Waals surface area (Å²) in [6, 6.07) is 2.09. The summed E-state index contributed by atoms with van der Waals surface area (Å²) in [6.45, 7) is 4.45. The molecule has 0 aromatic carbocycles. The summed E-state index contributed by atoms with van der Waals surface area (Å²) in [4.78, 5) is 11.4. The minimum Gasteiger partial charge on any atom is -0.355 e. The normalized spacial score (nSPS) is 28.4. The maximum absolute atomic E-state index is 11.4. The molecule has 0 saturated heterocycles. The quantitative estimate of drug-likeness (QED) is 0.712. The average molecular weight is 180 g/mol. The van der Waals surface area contributed by atoms with E-state index in [4.69, 9.17) is 5.26 Å². The third-order valence-corrected chi connectivity index (χ3v) is 2.55. The van der Waals surface area contributed by atoms with E-state index < -0.39 is 0 Å². The van der Waals surface area contributed by atoms with Crippen molar-refractivity contribution in [1.82, 2.24) is 5.32 Å². The van der Waals surface area contributed by atoms with Crippen molar-refractivity contribution in [2.45, 2.75) is 26.7 Å². The van der Waals surface area contributed by atoms with E-state index in [0.29, 0.717) is 12.5 Å². The molecular weight excluding hydrogens is 164 g/mol. The van der Waals surface area contributed by atoms with Gasteiger partial charge in [-0.25, -0.2) is 0 Å². The Morgan fingerprint density at radius 3 is 2.77 bits per heavy atom. The van der Waals surface area contributed by atoms with Gasteiger partial charge in [0.2, 0.25) is 5.91 Å². The highest BCUT2D eigenvalue weighted by molar-refractivity contribution is 5.79. The van der Waals surface area contributed by atoms with Crippen molar-refractivity contribution in [2.75, 3.05) is 6.54 Å². The minimum atomic E-state index is -0.0820. The smallest absolute Gasteiger partial charge is 0.223 e. The number of carbonyl (C=O) groups excluding carboxylic acids is 1. The second kappa shape index (κ2) is 4.27. The molecule has 13 heavy (non-hydrogen) atoms. The van der Waals surface area contributed by atoms with Gasteiger partial charge in [0, 0.05) is 12.5 Å². The molecule has 1 aliphatic carbocycles. The maximum Gasteiger partial charge on any atom is 0.223 e. The van der Waals surface area contributed by atoms with Gasteiger partial charge in [0.05, 0.1) is 12.0 Å². The van der Waals surface area contributed by atoms with Crippen LogP contribution in [-0.2, 0) is 4.79 Å². The second-order valence-electron chi connectivity index (χ2n) is 4.05. The zero-order chi connectivity index (χ0) is 9.84. The number of nitrogens with zero attached hydrogens (tertiary/aromatic N) is 1. The Morgan fingerprint density at radius 2 is 2.31 bits per heavy atom. The molecule has 1 atom stereocenters. The first-order chi connectivity index (χ1) is 6.13. The second-order valence-corrected chi connectivity index (χ2v) is 4.05. The third-order valence-electron chi connectivity index (χ3n) is 2.55. The minimum absolute atomic E-state index is 0.0820. The van der Waals surface area contributed by atoms with E-state index >= 15 is 0 Å². The molecule has 0 aromatic heterocycles. The number of hydrogen-bond acceptors (Lipinski definition) is 2. The zero-order valence-corrected chi connectivity index (χ0v) is 8.21. The van der Waals surface area contributed by atoms with E-state index in [1.54, 1.807) is 0 Å². The summed E-state index contributed by atoms with van der Waals surface area (Å²) in [6.07, 6.45) is 2.01. The van der Waals surface area contributed by atoms with Gasteiger partial charge in [0.15, 0.2) is 0 Å². The molecular formula is C10H16N2O. The summed E-state index contributed by atoms with van der Waals surface area (Å²) < 4.78 is 0. The standard InChI is InChI=1S/C10H16N2O/c1-7-3-9(4-7)10(13)12-6-8(2)5-11/h7-9H,3-4,6H2,1-2H3,(H,12,13). The van der Waals surface area contributed by atoms with Crippen LogP contribution in [0, 0.1) is 29.1 Å². The Balaban J connectivity index is 2.16. The van der Waals surface area contributed by atoms with Gasteiger partial charge in [-0.1, -0.05) is 6.92 Å². The Labute approximate surface area is 79.1 Å². The first-order valence-corrected chi connectivity index (χ1v) is 4.80. The van der Waals surface area contributed by atoms with Crippen LogP contribution in [0.1, 0.15) is 26.7 Å². The first-order valence-electron chi connectivity index (χ1n) is 4.80. The monoisotopic (exact) mass is 180 g/mol. The van der Waals surface area contributed by atoms with Gasteiger partial charge in [-0.3, -0.25) is 4.79 Å². The van der Waals surface area contributed by atoms with E-state index in [0.717, 1.165) is 12.8 Å². The van der Waals surface area contributed by atoms with E-state index in [9.17, 15) is 4.79 Å². The van der Waals surface area contributed by atoms with Crippen molar-refractivity contribution < 1.29 is 4.79 Å². The first kappa shape index (κ1) is 10.0. The number of hydrogen-bond donors (Lipinski definition) is 1. The number of nitrogens with one attached hydrogen (secondary N) is 1. The molecule has 72 valence electrons. The van der Waals surface area contributed by atoms with Crippen LogP contribution in [0.4, 0.5) is 0 Å². The SMILES string of the molecule is CC(C#N)CNC(=O)C1CC(C)C1. The molecule has 0 spiro atoms. The van der Waals surface area contributed by atoms with Crippen molar-refractivity contribution in [3.05, 3.63) is 0 Å². The molecule has 1 amide bonds. The molecule has 1 rings (SSSR count). The van der Waals surface area contributed by atoms with Gasteiger partial charge in [0.25, 0.3) is 0 Å². The average Bonchev–Trinajstić information content (AvgIpc) is 2.08. The molecule has 3 heteroatoms. The van der Waals surface area contributed by atoms with Gasteiger partial charge >= 0.3 is 0 Å². The van der Waals surface area contributed by atoms with Crippen molar-refractivity contribution >= 4 is 5.91 Å². The van der Waals surface area contributed by atoms with E-state index in [1.807, 2.05) is 6.92 Å². The van der Waals surface area contributed by atoms with Crippen LogP contribution in [-0.4, -0.2) is 12.5 Å². The molecule has 1 saturated carbocycles. The van der Waals surface area contributed by atoms with E-state index in [2.05, 4.69) is 18.3 Å². The Kier molecular flexibility index (Phi) is 3.30. The number of rotatable bonds is 3. The molecule has 1 N–H and O–H groups in total. The molecule has 0 radical (unpaired) electrons. The van der Waals surface area contributed by atoms with Crippen molar-refractivity contribution in [1.29, 1.82) is 5.26 Å². The van der Waals surface area contributed by atoms with Gasteiger partial charge in [-0.15, -0.1) is 0 Å². The van der Waals surface area contributed by atoms with E-state index in [1.165, 1.54) is 0 Å². The van der Waals surface area contributed by atoms with Gasteiger partial charge < -0.3 is 5.32 Å². The number of amides is 1. The molecule has 1 unspecified atom stereocenters. The fraction of sp³-hybridized carbons (Fsp3) is 0.800. The van der Waals surface area contributed by atoms with Crippen molar-refractivity contribution in [3.63, 3.8) is 0 Å². The maximum atomic E-state index is 11.4. The fourth-order valence-corrected chi connectivity index (χ4v) is 1.56. The van der Waals surface area contributed by atoms with Gasteiger partial charge in [-0.05, 0) is 25.7 Å². The number of nitriles is 1. The van der Waals surface area contributed by atoms with Crippen LogP contribution in [0.2, 0.25) is 0 Å². The summed E-state index contributed by atoms with van der Waals surface area (Å²) >= 11 is 0. The molecule has 0 aromatic rings. The van der Waals surface area contributed by atoms with E-state index in [-0.39, 0.29) is 17.7 Å². The predicted molar refractivity (Wildman–Crippen MR) is 49.7 cm³/mol. The predicted octanol–water partition coefficient (Wildman–Crippen LogP) is 1.31. The topological polar surface area (TPSA) is 52.9 Å². The van der Waals surface area contributed by atoms with Gasteiger partial charge in [-0.2, -0.15) is 5.26 Å². The van der Waals surface area contributed by atoms with Crippen molar-refractivity contribution in [2.24, 2.45) is 17.8 Å². The lowest BCUT2D eigenvalue weighted by Crippen LogP contribution is -2.39. The van der Waals surface area contributed by atoms with Crippen LogP contribution < -0.4 is 5.32 Å². The van der Waals surface area contributed by atoms with Crippen LogP contribution >= 0.6 is 0 Å². The van der Waals surface area contributed by atoms with Crippen LogP contribution in [0.5, 0.6) is 0 Å². The highest BCUT2D eigenvalue weighted by Gasteiger charge is 2.31. The largest absolute Gasteiger partial charge is 0.355 e. The lowest BCUT2D eigenvalue weighted by Gasteiger charge is -2.31. The third kappa shape index (κ3) is 2.73. The Morgan fingerprint density at radius 1 is 1.69 bits per heavy atom. The van der Waals surface area contributed by atoms with Crippen LogP contribution in [0.25, 0.3) is 0 Å². The number of carbonyl (C=O) groups is 1.